The third kappa shape index (κ3) is 4.22. The minimum absolute atomic E-state index is 0.201. The molecule has 2 amide bonds. The molecule has 2 unspecified atom stereocenters. The van der Waals surface area contributed by atoms with E-state index in [2.05, 4.69) is 17.6 Å². The van der Waals surface area contributed by atoms with Gasteiger partial charge in [-0.3, -0.25) is 4.79 Å². The zero-order chi connectivity index (χ0) is 12.8. The zero-order valence-electron chi connectivity index (χ0n) is 10.2. The number of rotatable bonds is 5. The Balaban J connectivity index is 2.26. The fourth-order valence-electron chi connectivity index (χ4n) is 1.91. The number of amides is 2. The van der Waals surface area contributed by atoms with Crippen molar-refractivity contribution in [2.45, 2.75) is 38.8 Å². The maximum atomic E-state index is 11.4. The van der Waals surface area contributed by atoms with E-state index in [0.29, 0.717) is 12.5 Å². The van der Waals surface area contributed by atoms with E-state index in [-0.39, 0.29) is 6.10 Å². The van der Waals surface area contributed by atoms with E-state index in [9.17, 15) is 9.59 Å². The van der Waals surface area contributed by atoms with Gasteiger partial charge >= 0.3 is 12.0 Å². The minimum Gasteiger partial charge on any atom is -0.480 e. The van der Waals surface area contributed by atoms with Gasteiger partial charge in [-0.1, -0.05) is 6.92 Å². The fourth-order valence-corrected chi connectivity index (χ4v) is 1.91. The number of carbonyl (C=O) groups is 2. The molecule has 3 atom stereocenters. The van der Waals surface area contributed by atoms with Crippen LogP contribution >= 0.6 is 0 Å². The average Bonchev–Trinajstić information content (AvgIpc) is 2.73. The van der Waals surface area contributed by atoms with Crippen molar-refractivity contribution < 1.29 is 19.4 Å². The summed E-state index contributed by atoms with van der Waals surface area (Å²) in [4.78, 5) is 21.9. The quantitative estimate of drug-likeness (QED) is 0.660. The number of carboxylic acids is 1. The number of carbonyl (C=O) groups excluding carboxylic acids is 1. The molecule has 98 valence electrons. The molecule has 0 bridgehead atoms. The van der Waals surface area contributed by atoms with Crippen molar-refractivity contribution in [2.75, 3.05) is 13.2 Å². The summed E-state index contributed by atoms with van der Waals surface area (Å²) in [6, 6.07) is -1.32. The van der Waals surface area contributed by atoms with E-state index in [4.69, 9.17) is 9.84 Å². The summed E-state index contributed by atoms with van der Waals surface area (Å²) in [6.07, 6.45) is 2.07. The topological polar surface area (TPSA) is 87.7 Å². The maximum absolute atomic E-state index is 11.4. The summed E-state index contributed by atoms with van der Waals surface area (Å²) in [7, 11) is 0. The Hall–Kier alpha value is -1.30. The van der Waals surface area contributed by atoms with Crippen LogP contribution in [0.1, 0.15) is 26.7 Å². The predicted molar refractivity (Wildman–Crippen MR) is 61.8 cm³/mol. The molecule has 0 saturated carbocycles. The molecule has 0 aromatic rings. The number of urea groups is 1. The Morgan fingerprint density at radius 2 is 2.24 bits per heavy atom. The van der Waals surface area contributed by atoms with Gasteiger partial charge in [0.15, 0.2) is 0 Å². The van der Waals surface area contributed by atoms with Gasteiger partial charge < -0.3 is 20.5 Å². The molecule has 1 rings (SSSR count). The molecular formula is C11H20N2O4. The number of nitrogens with one attached hydrogen (secondary N) is 2. The third-order valence-electron chi connectivity index (χ3n) is 2.99. The number of hydrogen-bond donors (Lipinski definition) is 3. The van der Waals surface area contributed by atoms with Gasteiger partial charge in [0.05, 0.1) is 6.10 Å². The Bertz CT molecular complexity index is 283. The van der Waals surface area contributed by atoms with E-state index in [0.717, 1.165) is 19.4 Å². The summed E-state index contributed by atoms with van der Waals surface area (Å²) in [5.74, 6) is -0.721. The van der Waals surface area contributed by atoms with Crippen molar-refractivity contribution in [3.8, 4) is 0 Å². The van der Waals surface area contributed by atoms with Gasteiger partial charge in [0.25, 0.3) is 0 Å². The molecule has 1 aliphatic heterocycles. The molecule has 1 heterocycles. The van der Waals surface area contributed by atoms with Crippen molar-refractivity contribution in [3.05, 3.63) is 0 Å². The SMILES string of the molecule is CCC1OCCC1CNC(=O)N[C@H](C)C(=O)O. The van der Waals surface area contributed by atoms with Crippen LogP contribution in [0.3, 0.4) is 0 Å². The van der Waals surface area contributed by atoms with Crippen molar-refractivity contribution >= 4 is 12.0 Å². The van der Waals surface area contributed by atoms with Gasteiger partial charge in [0.2, 0.25) is 0 Å². The monoisotopic (exact) mass is 244 g/mol. The van der Waals surface area contributed by atoms with Crippen LogP contribution in [-0.4, -0.2) is 42.4 Å². The summed E-state index contributed by atoms with van der Waals surface area (Å²) >= 11 is 0. The summed E-state index contributed by atoms with van der Waals surface area (Å²) in [5, 5.41) is 13.7. The molecule has 6 heteroatoms. The number of hydrogen-bond acceptors (Lipinski definition) is 3. The highest BCUT2D eigenvalue weighted by Gasteiger charge is 2.27. The van der Waals surface area contributed by atoms with Crippen molar-refractivity contribution in [1.82, 2.24) is 10.6 Å². The van der Waals surface area contributed by atoms with Crippen LogP contribution < -0.4 is 10.6 Å². The van der Waals surface area contributed by atoms with Crippen LogP contribution in [0.15, 0.2) is 0 Å². The Kier molecular flexibility index (Phi) is 5.21. The highest BCUT2D eigenvalue weighted by molar-refractivity contribution is 5.82. The standard InChI is InChI=1S/C11H20N2O4/c1-3-9-8(4-5-17-9)6-12-11(16)13-7(2)10(14)15/h7-9H,3-6H2,1-2H3,(H,14,15)(H2,12,13,16)/t7-,8?,9?/m1/s1. The summed E-state index contributed by atoms with van der Waals surface area (Å²) < 4.78 is 5.50. The molecule has 1 saturated heterocycles. The van der Waals surface area contributed by atoms with Gasteiger partial charge in [-0.05, 0) is 19.8 Å². The summed E-state index contributed by atoms with van der Waals surface area (Å²) in [5.41, 5.74) is 0. The highest BCUT2D eigenvalue weighted by Crippen LogP contribution is 2.22. The van der Waals surface area contributed by atoms with Crippen molar-refractivity contribution in [2.24, 2.45) is 5.92 Å². The van der Waals surface area contributed by atoms with E-state index in [1.807, 2.05) is 0 Å². The molecule has 0 aromatic carbocycles. The van der Waals surface area contributed by atoms with E-state index >= 15 is 0 Å². The van der Waals surface area contributed by atoms with Crippen LogP contribution in [0.4, 0.5) is 4.79 Å². The molecule has 0 radical (unpaired) electrons. The Labute approximate surface area is 101 Å². The lowest BCUT2D eigenvalue weighted by molar-refractivity contribution is -0.138. The number of carboxylic acid groups (broad SMARTS) is 1. The molecule has 0 aliphatic carbocycles. The second-order valence-electron chi connectivity index (χ2n) is 4.28. The molecule has 17 heavy (non-hydrogen) atoms. The van der Waals surface area contributed by atoms with Gasteiger partial charge in [-0.2, -0.15) is 0 Å². The average molecular weight is 244 g/mol. The molecule has 1 fully saturated rings. The minimum atomic E-state index is -1.05. The first-order valence-electron chi connectivity index (χ1n) is 5.93. The smallest absolute Gasteiger partial charge is 0.325 e. The van der Waals surface area contributed by atoms with E-state index in [1.54, 1.807) is 0 Å². The van der Waals surface area contributed by atoms with Gasteiger partial charge in [-0.15, -0.1) is 0 Å². The largest absolute Gasteiger partial charge is 0.480 e. The number of aliphatic carboxylic acids is 1. The molecular weight excluding hydrogens is 224 g/mol. The van der Waals surface area contributed by atoms with Crippen LogP contribution in [0.25, 0.3) is 0 Å². The molecule has 0 aromatic heterocycles. The number of ether oxygens (including phenoxy) is 1. The third-order valence-corrected chi connectivity index (χ3v) is 2.99. The summed E-state index contributed by atoms with van der Waals surface area (Å²) in [6.45, 7) is 4.74. The highest BCUT2D eigenvalue weighted by atomic mass is 16.5. The lowest BCUT2D eigenvalue weighted by atomic mass is 10.00. The molecule has 0 spiro atoms. The van der Waals surface area contributed by atoms with Crippen molar-refractivity contribution in [3.63, 3.8) is 0 Å². The van der Waals surface area contributed by atoms with Gasteiger partial charge in [-0.25, -0.2) is 4.79 Å². The van der Waals surface area contributed by atoms with Gasteiger partial charge in [0, 0.05) is 19.1 Å². The molecule has 6 nitrogen and oxygen atoms in total. The second kappa shape index (κ2) is 6.44. The zero-order valence-corrected chi connectivity index (χ0v) is 10.2. The normalized spacial score (nSPS) is 25.3. The molecule has 1 aliphatic rings. The first-order chi connectivity index (χ1) is 8.04. The lowest BCUT2D eigenvalue weighted by Gasteiger charge is -2.18. The van der Waals surface area contributed by atoms with Crippen LogP contribution in [-0.2, 0) is 9.53 Å². The predicted octanol–water partition coefficient (Wildman–Crippen LogP) is 0.574. The Morgan fingerprint density at radius 1 is 1.53 bits per heavy atom. The van der Waals surface area contributed by atoms with Crippen LogP contribution in [0.2, 0.25) is 0 Å². The first kappa shape index (κ1) is 13.8. The van der Waals surface area contributed by atoms with Crippen LogP contribution in [0, 0.1) is 5.92 Å². The van der Waals surface area contributed by atoms with Crippen molar-refractivity contribution in [1.29, 1.82) is 0 Å². The Morgan fingerprint density at radius 3 is 2.82 bits per heavy atom. The first-order valence-corrected chi connectivity index (χ1v) is 5.93. The van der Waals surface area contributed by atoms with E-state index in [1.165, 1.54) is 6.92 Å². The maximum Gasteiger partial charge on any atom is 0.325 e. The van der Waals surface area contributed by atoms with Crippen LogP contribution in [0.5, 0.6) is 0 Å². The van der Waals surface area contributed by atoms with Gasteiger partial charge in [0.1, 0.15) is 6.04 Å². The lowest BCUT2D eigenvalue weighted by Crippen LogP contribution is -2.46. The van der Waals surface area contributed by atoms with E-state index < -0.39 is 18.0 Å². The second-order valence-corrected chi connectivity index (χ2v) is 4.28. The molecule has 3 N–H and O–H groups in total. The fraction of sp³-hybridized carbons (Fsp3) is 0.818.